The molecule has 0 aromatic carbocycles. The second kappa shape index (κ2) is 6.36. The molecule has 1 aromatic heterocycles. The standard InChI is InChI=1S/C15H22N2O2/c1-11-9-12(2)13(17-10-11)7-6-8-16-14(18)19-15(3,4)5/h6-7,9-10H,8H2,1-5H3,(H,16,18). The SMILES string of the molecule is Cc1cnc(C=CCNC(=O)OC(C)(C)C)c(C)c1. The summed E-state index contributed by atoms with van der Waals surface area (Å²) >= 11 is 0. The lowest BCUT2D eigenvalue weighted by molar-refractivity contribution is 0.0534. The van der Waals surface area contributed by atoms with E-state index in [1.165, 1.54) is 0 Å². The maximum atomic E-state index is 11.4. The number of nitrogens with one attached hydrogen (secondary N) is 1. The van der Waals surface area contributed by atoms with Crippen molar-refractivity contribution in [3.8, 4) is 0 Å². The van der Waals surface area contributed by atoms with E-state index in [4.69, 9.17) is 4.74 Å². The molecule has 0 saturated carbocycles. The summed E-state index contributed by atoms with van der Waals surface area (Å²) < 4.78 is 5.13. The van der Waals surface area contributed by atoms with E-state index in [9.17, 15) is 4.79 Å². The fourth-order valence-electron chi connectivity index (χ4n) is 1.53. The van der Waals surface area contributed by atoms with Gasteiger partial charge in [0.05, 0.1) is 5.69 Å². The summed E-state index contributed by atoms with van der Waals surface area (Å²) in [7, 11) is 0. The molecule has 1 amide bonds. The molecule has 0 radical (unpaired) electrons. The van der Waals surface area contributed by atoms with Crippen LogP contribution in [0.15, 0.2) is 18.3 Å². The molecule has 4 heteroatoms. The Morgan fingerprint density at radius 1 is 1.42 bits per heavy atom. The van der Waals surface area contributed by atoms with Gasteiger partial charge in [0.25, 0.3) is 0 Å². The molecule has 1 rings (SSSR count). The first kappa shape index (κ1) is 15.2. The number of rotatable bonds is 3. The van der Waals surface area contributed by atoms with E-state index < -0.39 is 11.7 Å². The van der Waals surface area contributed by atoms with Crippen LogP contribution in [0.4, 0.5) is 4.79 Å². The van der Waals surface area contributed by atoms with Gasteiger partial charge in [-0.25, -0.2) is 4.79 Å². The summed E-state index contributed by atoms with van der Waals surface area (Å²) in [5, 5.41) is 2.66. The summed E-state index contributed by atoms with van der Waals surface area (Å²) in [6, 6.07) is 2.08. The zero-order valence-electron chi connectivity index (χ0n) is 12.3. The number of carbonyl (C=O) groups excluding carboxylic acids is 1. The third-order valence-electron chi connectivity index (χ3n) is 2.29. The second-order valence-corrected chi connectivity index (χ2v) is 5.50. The molecular weight excluding hydrogens is 240 g/mol. The van der Waals surface area contributed by atoms with Crippen molar-refractivity contribution in [2.24, 2.45) is 0 Å². The molecule has 0 aliphatic rings. The molecule has 1 N–H and O–H groups in total. The first-order valence-electron chi connectivity index (χ1n) is 6.34. The van der Waals surface area contributed by atoms with Crippen molar-refractivity contribution >= 4 is 12.2 Å². The Bertz CT molecular complexity index is 474. The molecule has 0 fully saturated rings. The van der Waals surface area contributed by atoms with Gasteiger partial charge in [0.1, 0.15) is 5.60 Å². The Hall–Kier alpha value is -1.84. The number of amides is 1. The largest absolute Gasteiger partial charge is 0.444 e. The Morgan fingerprint density at radius 3 is 2.68 bits per heavy atom. The number of pyridine rings is 1. The van der Waals surface area contributed by atoms with E-state index >= 15 is 0 Å². The first-order chi connectivity index (χ1) is 8.78. The van der Waals surface area contributed by atoms with Gasteiger partial charge in [0, 0.05) is 12.7 Å². The fourth-order valence-corrected chi connectivity index (χ4v) is 1.53. The zero-order chi connectivity index (χ0) is 14.5. The maximum absolute atomic E-state index is 11.4. The molecule has 104 valence electrons. The molecule has 0 atom stereocenters. The summed E-state index contributed by atoms with van der Waals surface area (Å²) in [5.41, 5.74) is 2.70. The molecule has 0 unspecified atom stereocenters. The Kier molecular flexibility index (Phi) is 5.10. The van der Waals surface area contributed by atoms with Gasteiger partial charge >= 0.3 is 6.09 Å². The van der Waals surface area contributed by atoms with Crippen molar-refractivity contribution < 1.29 is 9.53 Å². The summed E-state index contributed by atoms with van der Waals surface area (Å²) in [6.07, 6.45) is 5.17. The first-order valence-corrected chi connectivity index (χ1v) is 6.34. The van der Waals surface area contributed by atoms with Gasteiger partial charge in [-0.1, -0.05) is 12.1 Å². The normalized spacial score (nSPS) is 11.6. The molecule has 0 spiro atoms. The highest BCUT2D eigenvalue weighted by atomic mass is 16.6. The monoisotopic (exact) mass is 262 g/mol. The average molecular weight is 262 g/mol. The van der Waals surface area contributed by atoms with Gasteiger partial charge in [0.2, 0.25) is 0 Å². The van der Waals surface area contributed by atoms with Crippen molar-refractivity contribution in [1.29, 1.82) is 0 Å². The van der Waals surface area contributed by atoms with E-state index in [-0.39, 0.29) is 0 Å². The number of ether oxygens (including phenoxy) is 1. The number of aryl methyl sites for hydroxylation is 2. The lowest BCUT2D eigenvalue weighted by atomic mass is 10.1. The molecule has 1 heterocycles. The van der Waals surface area contributed by atoms with E-state index in [0.29, 0.717) is 6.54 Å². The molecule has 0 aliphatic carbocycles. The quantitative estimate of drug-likeness (QED) is 0.909. The Balaban J connectivity index is 2.44. The smallest absolute Gasteiger partial charge is 0.407 e. The van der Waals surface area contributed by atoms with Crippen molar-refractivity contribution in [3.05, 3.63) is 35.2 Å². The van der Waals surface area contributed by atoms with Crippen LogP contribution in [0.1, 0.15) is 37.6 Å². The van der Waals surface area contributed by atoms with Gasteiger partial charge in [0.15, 0.2) is 0 Å². The minimum absolute atomic E-state index is 0.411. The topological polar surface area (TPSA) is 51.2 Å². The highest BCUT2D eigenvalue weighted by molar-refractivity contribution is 5.68. The number of alkyl carbamates (subject to hydrolysis) is 1. The van der Waals surface area contributed by atoms with Crippen LogP contribution in [0, 0.1) is 13.8 Å². The van der Waals surface area contributed by atoms with Crippen molar-refractivity contribution in [3.63, 3.8) is 0 Å². The third kappa shape index (κ3) is 6.04. The molecule has 19 heavy (non-hydrogen) atoms. The molecule has 0 bridgehead atoms. The third-order valence-corrected chi connectivity index (χ3v) is 2.29. The average Bonchev–Trinajstić information content (AvgIpc) is 2.24. The van der Waals surface area contributed by atoms with Crippen molar-refractivity contribution in [1.82, 2.24) is 10.3 Å². The number of nitrogens with zero attached hydrogens (tertiary/aromatic N) is 1. The van der Waals surface area contributed by atoms with Crippen molar-refractivity contribution in [2.75, 3.05) is 6.54 Å². The molecule has 0 aliphatic heterocycles. The van der Waals surface area contributed by atoms with E-state index in [1.807, 2.05) is 53.0 Å². The number of hydrogen-bond acceptors (Lipinski definition) is 3. The van der Waals surface area contributed by atoms with Gasteiger partial charge in [-0.05, 0) is 51.8 Å². The van der Waals surface area contributed by atoms with Crippen LogP contribution >= 0.6 is 0 Å². The molecular formula is C15H22N2O2. The highest BCUT2D eigenvalue weighted by Crippen LogP contribution is 2.08. The lowest BCUT2D eigenvalue weighted by Gasteiger charge is -2.19. The van der Waals surface area contributed by atoms with Crippen molar-refractivity contribution in [2.45, 2.75) is 40.2 Å². The predicted molar refractivity (Wildman–Crippen MR) is 77.0 cm³/mol. The summed E-state index contributed by atoms with van der Waals surface area (Å²) in [6.45, 7) is 9.95. The van der Waals surface area contributed by atoms with Crippen LogP contribution in [0.5, 0.6) is 0 Å². The van der Waals surface area contributed by atoms with E-state index in [1.54, 1.807) is 0 Å². The molecule has 4 nitrogen and oxygen atoms in total. The summed E-state index contributed by atoms with van der Waals surface area (Å²) in [4.78, 5) is 15.7. The minimum Gasteiger partial charge on any atom is -0.444 e. The predicted octanol–water partition coefficient (Wildman–Crippen LogP) is 3.24. The van der Waals surface area contributed by atoms with Crippen LogP contribution in [0.25, 0.3) is 6.08 Å². The van der Waals surface area contributed by atoms with Crippen LogP contribution in [0.2, 0.25) is 0 Å². The number of aromatic nitrogens is 1. The maximum Gasteiger partial charge on any atom is 0.407 e. The second-order valence-electron chi connectivity index (χ2n) is 5.50. The van der Waals surface area contributed by atoms with Gasteiger partial charge in [-0.2, -0.15) is 0 Å². The van der Waals surface area contributed by atoms with E-state index in [2.05, 4.69) is 16.4 Å². The number of carbonyl (C=O) groups is 1. The Labute approximate surface area is 114 Å². The van der Waals surface area contributed by atoms with Gasteiger partial charge in [-0.3, -0.25) is 4.98 Å². The van der Waals surface area contributed by atoms with E-state index in [0.717, 1.165) is 16.8 Å². The molecule has 1 aromatic rings. The van der Waals surface area contributed by atoms with Crippen LogP contribution in [0.3, 0.4) is 0 Å². The highest BCUT2D eigenvalue weighted by Gasteiger charge is 2.14. The molecule has 0 saturated heterocycles. The zero-order valence-corrected chi connectivity index (χ0v) is 12.3. The van der Waals surface area contributed by atoms with Gasteiger partial charge in [-0.15, -0.1) is 0 Å². The minimum atomic E-state index is -0.469. The van der Waals surface area contributed by atoms with Crippen LogP contribution in [-0.2, 0) is 4.74 Å². The fraction of sp³-hybridized carbons (Fsp3) is 0.467. The van der Waals surface area contributed by atoms with Crippen LogP contribution in [-0.4, -0.2) is 23.2 Å². The summed E-state index contributed by atoms with van der Waals surface area (Å²) in [5.74, 6) is 0. The van der Waals surface area contributed by atoms with Gasteiger partial charge < -0.3 is 10.1 Å². The number of hydrogen-bond donors (Lipinski definition) is 1. The Morgan fingerprint density at radius 2 is 2.11 bits per heavy atom. The van der Waals surface area contributed by atoms with Crippen LogP contribution < -0.4 is 5.32 Å². The lowest BCUT2D eigenvalue weighted by Crippen LogP contribution is -2.32.